The molecule has 156 valence electrons. The molecule has 0 spiro atoms. The van der Waals surface area contributed by atoms with Crippen LogP contribution in [0.5, 0.6) is 5.75 Å². The van der Waals surface area contributed by atoms with Crippen LogP contribution in [0.3, 0.4) is 0 Å². The highest BCUT2D eigenvalue weighted by atomic mass is 32.2. The fourth-order valence-corrected chi connectivity index (χ4v) is 3.32. The number of anilines is 1. The maximum absolute atomic E-state index is 13.3. The maximum Gasteiger partial charge on any atom is 0.433 e. The third kappa shape index (κ3) is 5.96. The van der Waals surface area contributed by atoms with Gasteiger partial charge in [-0.25, -0.2) is 9.97 Å². The molecule has 30 heavy (non-hydrogen) atoms. The first-order chi connectivity index (χ1) is 14.3. The Hall–Kier alpha value is -3.07. The van der Waals surface area contributed by atoms with E-state index in [2.05, 4.69) is 15.3 Å². The summed E-state index contributed by atoms with van der Waals surface area (Å²) in [6.07, 6.45) is -4.50. The molecule has 0 bridgehead atoms. The maximum atomic E-state index is 13.3. The summed E-state index contributed by atoms with van der Waals surface area (Å²) in [5, 5.41) is 2.69. The van der Waals surface area contributed by atoms with Gasteiger partial charge in [0.05, 0.1) is 12.8 Å². The highest BCUT2D eigenvalue weighted by Crippen LogP contribution is 2.32. The topological polar surface area (TPSA) is 64.1 Å². The number of thioether (sulfide) groups is 1. The van der Waals surface area contributed by atoms with Crippen molar-refractivity contribution in [2.24, 2.45) is 0 Å². The van der Waals surface area contributed by atoms with Crippen LogP contribution in [0.15, 0.2) is 65.8 Å². The monoisotopic (exact) mass is 433 g/mol. The second kappa shape index (κ2) is 9.62. The van der Waals surface area contributed by atoms with Crippen LogP contribution in [-0.4, -0.2) is 28.7 Å². The Morgan fingerprint density at radius 2 is 1.77 bits per heavy atom. The molecule has 0 aliphatic heterocycles. The van der Waals surface area contributed by atoms with Crippen molar-refractivity contribution in [2.45, 2.75) is 17.8 Å². The van der Waals surface area contributed by atoms with Gasteiger partial charge in [0.15, 0.2) is 5.16 Å². The number of methoxy groups -OCH3 is 1. The number of amides is 1. The molecule has 2 aromatic carbocycles. The minimum absolute atomic E-state index is 0.0387. The Bertz CT molecular complexity index is 997. The second-order valence-electron chi connectivity index (χ2n) is 6.16. The number of ether oxygens (including phenoxy) is 1. The van der Waals surface area contributed by atoms with E-state index in [9.17, 15) is 18.0 Å². The van der Waals surface area contributed by atoms with Crippen LogP contribution < -0.4 is 10.1 Å². The highest BCUT2D eigenvalue weighted by Gasteiger charge is 2.33. The van der Waals surface area contributed by atoms with Crippen molar-refractivity contribution in [3.63, 3.8) is 0 Å². The number of carbonyl (C=O) groups is 1. The van der Waals surface area contributed by atoms with Crippen molar-refractivity contribution in [1.82, 2.24) is 9.97 Å². The summed E-state index contributed by atoms with van der Waals surface area (Å²) in [6.45, 7) is 0. The predicted molar refractivity (Wildman–Crippen MR) is 109 cm³/mol. The number of nitrogens with zero attached hydrogens (tertiary/aromatic N) is 2. The van der Waals surface area contributed by atoms with Crippen molar-refractivity contribution in [2.75, 3.05) is 18.2 Å². The van der Waals surface area contributed by atoms with Gasteiger partial charge < -0.3 is 10.1 Å². The first-order valence-electron chi connectivity index (χ1n) is 8.93. The molecule has 5 nitrogen and oxygen atoms in total. The van der Waals surface area contributed by atoms with Gasteiger partial charge in [0.2, 0.25) is 5.91 Å². The number of hydrogen-bond acceptors (Lipinski definition) is 5. The number of benzene rings is 2. The van der Waals surface area contributed by atoms with E-state index in [-0.39, 0.29) is 28.9 Å². The van der Waals surface area contributed by atoms with Crippen LogP contribution in [-0.2, 0) is 11.0 Å². The van der Waals surface area contributed by atoms with Gasteiger partial charge in [0.1, 0.15) is 11.4 Å². The Kier molecular flexibility index (Phi) is 6.94. The number of rotatable bonds is 7. The third-order valence-electron chi connectivity index (χ3n) is 4.00. The molecule has 0 unspecified atom stereocenters. The molecule has 0 saturated carbocycles. The number of halogens is 3. The second-order valence-corrected chi connectivity index (χ2v) is 7.22. The molecule has 9 heteroatoms. The Morgan fingerprint density at radius 3 is 2.40 bits per heavy atom. The van der Waals surface area contributed by atoms with Gasteiger partial charge in [0, 0.05) is 23.4 Å². The van der Waals surface area contributed by atoms with Gasteiger partial charge in [-0.3, -0.25) is 4.79 Å². The van der Waals surface area contributed by atoms with Gasteiger partial charge in [-0.2, -0.15) is 13.2 Å². The Labute approximate surface area is 175 Å². The van der Waals surface area contributed by atoms with Gasteiger partial charge in [-0.1, -0.05) is 30.0 Å². The number of alkyl halides is 3. The van der Waals surface area contributed by atoms with Crippen molar-refractivity contribution >= 4 is 23.4 Å². The van der Waals surface area contributed by atoms with Crippen molar-refractivity contribution in [1.29, 1.82) is 0 Å². The van der Waals surface area contributed by atoms with Crippen LogP contribution in [0.25, 0.3) is 11.3 Å². The molecule has 0 aliphatic carbocycles. The van der Waals surface area contributed by atoms with Crippen LogP contribution in [0.1, 0.15) is 12.1 Å². The minimum atomic E-state index is -4.61. The molecule has 0 atom stereocenters. The smallest absolute Gasteiger partial charge is 0.433 e. The first kappa shape index (κ1) is 21.6. The van der Waals surface area contributed by atoms with E-state index in [1.54, 1.807) is 48.5 Å². The Balaban J connectivity index is 1.72. The van der Waals surface area contributed by atoms with Crippen LogP contribution in [0, 0.1) is 0 Å². The van der Waals surface area contributed by atoms with Crippen molar-refractivity contribution in [3.8, 4) is 17.0 Å². The van der Waals surface area contributed by atoms with Gasteiger partial charge in [-0.05, 0) is 42.5 Å². The lowest BCUT2D eigenvalue weighted by Gasteiger charge is -2.11. The molecular weight excluding hydrogens is 415 g/mol. The number of para-hydroxylation sites is 1. The molecule has 3 rings (SSSR count). The van der Waals surface area contributed by atoms with E-state index in [4.69, 9.17) is 4.74 Å². The van der Waals surface area contributed by atoms with Crippen LogP contribution >= 0.6 is 11.8 Å². The lowest BCUT2D eigenvalue weighted by Crippen LogP contribution is -2.13. The summed E-state index contributed by atoms with van der Waals surface area (Å²) >= 11 is 0.998. The summed E-state index contributed by atoms with van der Waals surface area (Å²) in [4.78, 5) is 19.9. The quantitative estimate of drug-likeness (QED) is 0.405. The molecule has 1 amide bonds. The summed E-state index contributed by atoms with van der Waals surface area (Å²) in [7, 11) is 1.50. The van der Waals surface area contributed by atoms with Crippen molar-refractivity contribution < 1.29 is 22.7 Å². The normalized spacial score (nSPS) is 11.2. The lowest BCUT2D eigenvalue weighted by molar-refractivity contribution is -0.141. The average Bonchev–Trinajstić information content (AvgIpc) is 2.74. The van der Waals surface area contributed by atoms with Crippen molar-refractivity contribution in [3.05, 3.63) is 66.4 Å². The average molecular weight is 433 g/mol. The number of aromatic nitrogens is 2. The fourth-order valence-electron chi connectivity index (χ4n) is 2.52. The molecule has 0 fully saturated rings. The van der Waals surface area contributed by atoms with Crippen LogP contribution in [0.4, 0.5) is 18.9 Å². The fraction of sp³-hybridized carbons (Fsp3) is 0.190. The van der Waals surface area contributed by atoms with Gasteiger partial charge >= 0.3 is 6.18 Å². The van der Waals surface area contributed by atoms with Gasteiger partial charge in [0.25, 0.3) is 0 Å². The molecule has 0 saturated heterocycles. The zero-order valence-corrected chi connectivity index (χ0v) is 16.8. The lowest BCUT2D eigenvalue weighted by atomic mass is 10.1. The zero-order chi connectivity index (χ0) is 21.6. The summed E-state index contributed by atoms with van der Waals surface area (Å²) < 4.78 is 44.9. The zero-order valence-electron chi connectivity index (χ0n) is 15.9. The molecule has 3 aromatic rings. The third-order valence-corrected chi connectivity index (χ3v) is 4.85. The largest absolute Gasteiger partial charge is 0.497 e. The summed E-state index contributed by atoms with van der Waals surface area (Å²) in [5.41, 5.74) is 0.285. The number of nitrogens with one attached hydrogen (secondary N) is 1. The predicted octanol–water partition coefficient (Wildman–Crippen LogP) is 5.29. The minimum Gasteiger partial charge on any atom is -0.497 e. The highest BCUT2D eigenvalue weighted by molar-refractivity contribution is 7.99. The van der Waals surface area contributed by atoms with E-state index >= 15 is 0 Å². The van der Waals surface area contributed by atoms with Gasteiger partial charge in [-0.15, -0.1) is 0 Å². The molecule has 1 aromatic heterocycles. The summed E-state index contributed by atoms with van der Waals surface area (Å²) in [6, 6.07) is 16.4. The summed E-state index contributed by atoms with van der Waals surface area (Å²) in [5.74, 6) is 0.584. The van der Waals surface area contributed by atoms with E-state index in [1.165, 1.54) is 7.11 Å². The molecule has 1 N–H and O–H groups in total. The standard InChI is InChI=1S/C21H18F3N3O2S/c1-29-16-9-7-14(8-10-16)17-13-18(21(22,23)24)27-20(26-17)30-12-11-19(28)25-15-5-3-2-4-6-15/h2-10,13H,11-12H2,1H3,(H,25,28). The van der Waals surface area contributed by atoms with E-state index in [0.29, 0.717) is 17.0 Å². The molecule has 0 aliphatic rings. The molecule has 0 radical (unpaired) electrons. The van der Waals surface area contributed by atoms with Crippen LogP contribution in [0.2, 0.25) is 0 Å². The van der Waals surface area contributed by atoms with E-state index < -0.39 is 11.9 Å². The van der Waals surface area contributed by atoms with E-state index in [0.717, 1.165) is 17.8 Å². The first-order valence-corrected chi connectivity index (χ1v) is 9.92. The number of hydrogen-bond donors (Lipinski definition) is 1. The number of carbonyl (C=O) groups excluding carboxylic acids is 1. The Morgan fingerprint density at radius 1 is 1.07 bits per heavy atom. The SMILES string of the molecule is COc1ccc(-c2cc(C(F)(F)F)nc(SCCC(=O)Nc3ccccc3)n2)cc1. The van der Waals surface area contributed by atoms with E-state index in [1.807, 2.05) is 6.07 Å². The molecule has 1 heterocycles. The molecular formula is C21H18F3N3O2S.